The molecule has 3 N–H and O–H groups in total. The predicted molar refractivity (Wildman–Crippen MR) is 66.2 cm³/mol. The Balaban J connectivity index is 2.81. The van der Waals surface area contributed by atoms with Crippen LogP contribution in [0.3, 0.4) is 0 Å². The van der Waals surface area contributed by atoms with Crippen molar-refractivity contribution in [2.24, 2.45) is 7.05 Å². The third kappa shape index (κ3) is 1.74. The summed E-state index contributed by atoms with van der Waals surface area (Å²) in [6, 6.07) is 1.08. The van der Waals surface area contributed by atoms with Crippen molar-refractivity contribution in [1.29, 1.82) is 0 Å². The largest absolute Gasteiger partial charge is 0.504 e. The molecule has 2 aromatic rings. The molecule has 0 fully saturated rings. The summed E-state index contributed by atoms with van der Waals surface area (Å²) >= 11 is 5.70. The third-order valence-electron chi connectivity index (χ3n) is 2.61. The van der Waals surface area contributed by atoms with E-state index in [4.69, 9.17) is 22.1 Å². The molecule has 18 heavy (non-hydrogen) atoms. The van der Waals surface area contributed by atoms with Gasteiger partial charge in [0.2, 0.25) is 0 Å². The molecule has 0 bridgehead atoms. The van der Waals surface area contributed by atoms with Crippen LogP contribution in [0.25, 0.3) is 11.1 Å². The highest BCUT2D eigenvalue weighted by molar-refractivity contribution is 6.31. The topological polar surface area (TPSA) is 73.3 Å². The molecule has 0 saturated heterocycles. The Hall–Kier alpha value is -1.95. The van der Waals surface area contributed by atoms with Crippen LogP contribution in [0.15, 0.2) is 12.3 Å². The van der Waals surface area contributed by atoms with Gasteiger partial charge in [0, 0.05) is 13.1 Å². The van der Waals surface area contributed by atoms with E-state index in [1.54, 1.807) is 7.05 Å². The van der Waals surface area contributed by atoms with Gasteiger partial charge in [0.1, 0.15) is 5.82 Å². The summed E-state index contributed by atoms with van der Waals surface area (Å²) in [7, 11) is 2.94. The van der Waals surface area contributed by atoms with Crippen molar-refractivity contribution in [3.63, 3.8) is 0 Å². The predicted octanol–water partition coefficient (Wildman–Crippen LogP) is 2.18. The number of benzene rings is 1. The normalized spacial score (nSPS) is 10.7. The number of phenolic OH excluding ortho intramolecular Hbond substituents is 1. The Labute approximate surface area is 108 Å². The Morgan fingerprint density at radius 3 is 2.72 bits per heavy atom. The molecule has 96 valence electrons. The second kappa shape index (κ2) is 4.38. The fraction of sp³-hybridized carbons (Fsp3) is 0.182. The van der Waals surface area contributed by atoms with Gasteiger partial charge in [0.15, 0.2) is 17.3 Å². The maximum atomic E-state index is 14.1. The average molecular weight is 272 g/mol. The number of hydrogen-bond acceptors (Lipinski definition) is 4. The first-order valence-corrected chi connectivity index (χ1v) is 5.38. The van der Waals surface area contributed by atoms with Crippen molar-refractivity contribution >= 4 is 17.4 Å². The molecule has 1 aromatic carbocycles. The molecule has 0 aliphatic carbocycles. The number of halogens is 2. The summed E-state index contributed by atoms with van der Waals surface area (Å²) < 4.78 is 20.5. The second-order valence-electron chi connectivity index (χ2n) is 3.67. The molecule has 0 spiro atoms. The van der Waals surface area contributed by atoms with Gasteiger partial charge in [-0.25, -0.2) is 4.39 Å². The zero-order valence-corrected chi connectivity index (χ0v) is 10.5. The first-order chi connectivity index (χ1) is 8.47. The molecule has 0 radical (unpaired) electrons. The van der Waals surface area contributed by atoms with E-state index in [1.165, 1.54) is 18.0 Å². The Morgan fingerprint density at radius 2 is 2.22 bits per heavy atom. The minimum absolute atomic E-state index is 0.00639. The number of phenols is 1. The smallest absolute Gasteiger partial charge is 0.171 e. The van der Waals surface area contributed by atoms with Crippen molar-refractivity contribution in [2.75, 3.05) is 12.8 Å². The minimum Gasteiger partial charge on any atom is -0.504 e. The van der Waals surface area contributed by atoms with Gasteiger partial charge in [-0.05, 0) is 0 Å². The maximum Gasteiger partial charge on any atom is 0.171 e. The van der Waals surface area contributed by atoms with Gasteiger partial charge in [-0.2, -0.15) is 5.10 Å². The zero-order valence-electron chi connectivity index (χ0n) is 9.74. The minimum atomic E-state index is -0.717. The Morgan fingerprint density at radius 1 is 1.56 bits per heavy atom. The fourth-order valence-corrected chi connectivity index (χ4v) is 1.88. The molecule has 1 aromatic heterocycles. The first kappa shape index (κ1) is 12.5. The number of aromatic nitrogens is 2. The highest BCUT2D eigenvalue weighted by atomic mass is 35.5. The van der Waals surface area contributed by atoms with Crippen molar-refractivity contribution in [1.82, 2.24) is 9.78 Å². The summed E-state index contributed by atoms with van der Waals surface area (Å²) in [6.45, 7) is 0. The summed E-state index contributed by atoms with van der Waals surface area (Å²) in [5, 5.41) is 13.4. The number of nitrogens with two attached hydrogens (primary N) is 1. The number of aromatic hydroxyl groups is 1. The number of ether oxygens (including phenoxy) is 1. The lowest BCUT2D eigenvalue weighted by atomic mass is 10.1. The highest BCUT2D eigenvalue weighted by Gasteiger charge is 2.23. The summed E-state index contributed by atoms with van der Waals surface area (Å²) in [5.41, 5.74) is 6.08. The van der Waals surface area contributed by atoms with Crippen LogP contribution >= 0.6 is 11.6 Å². The molecular formula is C11H11ClFN3O2. The van der Waals surface area contributed by atoms with Crippen molar-refractivity contribution < 1.29 is 14.2 Å². The lowest BCUT2D eigenvalue weighted by Gasteiger charge is -2.12. The molecule has 5 nitrogen and oxygen atoms in total. The number of hydrogen-bond donors (Lipinski definition) is 2. The zero-order chi connectivity index (χ0) is 13.4. The molecule has 0 amide bonds. The van der Waals surface area contributed by atoms with Gasteiger partial charge < -0.3 is 15.6 Å². The number of nitrogen functional groups attached to an aromatic ring is 1. The first-order valence-electron chi connectivity index (χ1n) is 5.00. The van der Waals surface area contributed by atoms with Gasteiger partial charge in [0.25, 0.3) is 0 Å². The van der Waals surface area contributed by atoms with Gasteiger partial charge in [-0.15, -0.1) is 0 Å². The van der Waals surface area contributed by atoms with E-state index < -0.39 is 5.82 Å². The molecule has 0 saturated carbocycles. The van der Waals surface area contributed by atoms with E-state index in [0.717, 1.165) is 6.07 Å². The van der Waals surface area contributed by atoms with Crippen LogP contribution < -0.4 is 10.5 Å². The molecule has 7 heteroatoms. The summed E-state index contributed by atoms with van der Waals surface area (Å²) in [6.07, 6.45) is 1.38. The molecule has 0 aliphatic heterocycles. The van der Waals surface area contributed by atoms with Crippen LogP contribution in [0.4, 0.5) is 10.2 Å². The molecule has 0 atom stereocenters. The van der Waals surface area contributed by atoms with E-state index in [0.29, 0.717) is 5.56 Å². The van der Waals surface area contributed by atoms with Crippen LogP contribution in [-0.2, 0) is 7.05 Å². The monoisotopic (exact) mass is 271 g/mol. The van der Waals surface area contributed by atoms with Crippen LogP contribution in [0, 0.1) is 5.82 Å². The van der Waals surface area contributed by atoms with E-state index in [-0.39, 0.29) is 27.9 Å². The lowest BCUT2D eigenvalue weighted by Crippen LogP contribution is -2.00. The molecular weight excluding hydrogens is 261 g/mol. The SMILES string of the molecule is COc1c(O)cc(Cl)c(F)c1-c1cnn(C)c1N. The third-order valence-corrected chi connectivity index (χ3v) is 2.89. The van der Waals surface area contributed by atoms with Crippen molar-refractivity contribution in [3.05, 3.63) is 23.1 Å². The van der Waals surface area contributed by atoms with Crippen LogP contribution in [0.5, 0.6) is 11.5 Å². The number of rotatable bonds is 2. The van der Waals surface area contributed by atoms with Crippen molar-refractivity contribution in [3.8, 4) is 22.6 Å². The lowest BCUT2D eigenvalue weighted by molar-refractivity contribution is 0.372. The van der Waals surface area contributed by atoms with E-state index in [2.05, 4.69) is 5.10 Å². The van der Waals surface area contributed by atoms with Gasteiger partial charge in [-0.3, -0.25) is 4.68 Å². The summed E-state index contributed by atoms with van der Waals surface area (Å²) in [5.74, 6) is -0.765. The van der Waals surface area contributed by atoms with Crippen LogP contribution in [0.1, 0.15) is 0 Å². The number of nitrogens with zero attached hydrogens (tertiary/aromatic N) is 2. The quantitative estimate of drug-likeness (QED) is 0.878. The average Bonchev–Trinajstić information content (AvgIpc) is 2.65. The highest BCUT2D eigenvalue weighted by Crippen LogP contribution is 2.44. The van der Waals surface area contributed by atoms with Crippen LogP contribution in [0.2, 0.25) is 5.02 Å². The van der Waals surface area contributed by atoms with Crippen molar-refractivity contribution in [2.45, 2.75) is 0 Å². The van der Waals surface area contributed by atoms with Gasteiger partial charge >= 0.3 is 0 Å². The molecule has 0 unspecified atom stereocenters. The Bertz CT molecular complexity index is 613. The standard InChI is InChI=1S/C11H11ClFN3O2/c1-16-11(14)5(4-15-16)8-9(13)6(12)3-7(17)10(8)18-2/h3-4,17H,14H2,1-2H3. The molecule has 1 heterocycles. The number of methoxy groups -OCH3 is 1. The maximum absolute atomic E-state index is 14.1. The summed E-state index contributed by atoms with van der Waals surface area (Å²) in [4.78, 5) is 0. The van der Waals surface area contributed by atoms with Crippen LogP contribution in [-0.4, -0.2) is 22.0 Å². The number of aryl methyl sites for hydroxylation is 1. The van der Waals surface area contributed by atoms with Gasteiger partial charge in [0.05, 0.1) is 29.5 Å². The molecule has 2 rings (SSSR count). The second-order valence-corrected chi connectivity index (χ2v) is 4.07. The van der Waals surface area contributed by atoms with E-state index in [9.17, 15) is 9.50 Å². The fourth-order valence-electron chi connectivity index (χ4n) is 1.68. The number of anilines is 1. The molecule has 0 aliphatic rings. The van der Waals surface area contributed by atoms with Gasteiger partial charge in [-0.1, -0.05) is 11.6 Å². The Kier molecular flexibility index (Phi) is 3.04. The van der Waals surface area contributed by atoms with E-state index in [1.807, 2.05) is 0 Å². The van der Waals surface area contributed by atoms with E-state index >= 15 is 0 Å².